The number of halogens is 1. The zero-order valence-corrected chi connectivity index (χ0v) is 10.6. The molecule has 0 radical (unpaired) electrons. The highest BCUT2D eigenvalue weighted by Crippen LogP contribution is 2.31. The van der Waals surface area contributed by atoms with E-state index in [1.807, 2.05) is 13.8 Å². The molecule has 1 aliphatic carbocycles. The van der Waals surface area contributed by atoms with Crippen molar-refractivity contribution in [3.05, 3.63) is 26.3 Å². The second kappa shape index (κ2) is 4.08. The summed E-state index contributed by atoms with van der Waals surface area (Å²) in [6, 6.07) is 0. The molecule has 82 valence electrons. The van der Waals surface area contributed by atoms with Crippen molar-refractivity contribution in [2.75, 3.05) is 0 Å². The van der Waals surface area contributed by atoms with E-state index in [0.717, 1.165) is 23.9 Å². The van der Waals surface area contributed by atoms with E-state index in [-0.39, 0.29) is 11.5 Å². The molecule has 0 bridgehead atoms. The maximum atomic E-state index is 11.6. The molecule has 0 atom stereocenters. The van der Waals surface area contributed by atoms with Crippen LogP contribution in [0.4, 0.5) is 0 Å². The van der Waals surface area contributed by atoms with Gasteiger partial charge in [0.2, 0.25) is 0 Å². The fourth-order valence-electron chi connectivity index (χ4n) is 1.60. The van der Waals surface area contributed by atoms with Gasteiger partial charge in [-0.2, -0.15) is 0 Å². The molecule has 1 aromatic heterocycles. The second-order valence-electron chi connectivity index (χ2n) is 4.51. The highest BCUT2D eigenvalue weighted by molar-refractivity contribution is 9.10. The Labute approximate surface area is 97.4 Å². The van der Waals surface area contributed by atoms with Gasteiger partial charge in [-0.15, -0.1) is 0 Å². The summed E-state index contributed by atoms with van der Waals surface area (Å²) in [4.78, 5) is 19.0. The smallest absolute Gasteiger partial charge is 0.265 e. The maximum Gasteiger partial charge on any atom is 0.265 e. The average molecular weight is 271 g/mol. The molecule has 4 heteroatoms. The van der Waals surface area contributed by atoms with E-state index in [0.29, 0.717) is 4.47 Å². The Bertz CT molecular complexity index is 421. The maximum absolute atomic E-state index is 11.6. The van der Waals surface area contributed by atoms with Crippen molar-refractivity contribution >= 4 is 15.9 Å². The summed E-state index contributed by atoms with van der Waals surface area (Å²) in [6.45, 7) is 4.10. The molecule has 1 N–H and O–H groups in total. The van der Waals surface area contributed by atoms with E-state index in [4.69, 9.17) is 0 Å². The summed E-state index contributed by atoms with van der Waals surface area (Å²) in [7, 11) is 0. The van der Waals surface area contributed by atoms with Crippen molar-refractivity contribution in [3.8, 4) is 0 Å². The molecule has 0 aromatic carbocycles. The van der Waals surface area contributed by atoms with Crippen LogP contribution in [0.1, 0.15) is 44.1 Å². The van der Waals surface area contributed by atoms with Gasteiger partial charge in [-0.25, -0.2) is 4.98 Å². The minimum Gasteiger partial charge on any atom is -0.310 e. The van der Waals surface area contributed by atoms with Crippen LogP contribution in [0.2, 0.25) is 0 Å². The lowest BCUT2D eigenvalue weighted by molar-refractivity contribution is 0.721. The summed E-state index contributed by atoms with van der Waals surface area (Å²) in [5, 5.41) is 0. The molecule has 1 saturated carbocycles. The van der Waals surface area contributed by atoms with E-state index >= 15 is 0 Å². The fraction of sp³-hybridized carbons (Fsp3) is 0.636. The van der Waals surface area contributed by atoms with Crippen LogP contribution in [0.5, 0.6) is 0 Å². The number of H-pyrrole nitrogens is 1. The van der Waals surface area contributed by atoms with Gasteiger partial charge in [0.05, 0.1) is 5.69 Å². The lowest BCUT2D eigenvalue weighted by Crippen LogP contribution is -2.16. The number of hydrogen-bond donors (Lipinski definition) is 1. The molecule has 0 saturated heterocycles. The molecule has 2 rings (SSSR count). The number of nitrogens with zero attached hydrogens (tertiary/aromatic N) is 1. The molecular formula is C11H15BrN2O. The molecule has 0 amide bonds. The Balaban J connectivity index is 2.35. The predicted octanol–water partition coefficient (Wildman–Crippen LogP) is 2.61. The molecule has 0 spiro atoms. The van der Waals surface area contributed by atoms with Crippen LogP contribution in [0.15, 0.2) is 9.27 Å². The zero-order valence-electron chi connectivity index (χ0n) is 9.01. The monoisotopic (exact) mass is 270 g/mol. The number of aromatic nitrogens is 2. The Hall–Kier alpha value is -0.640. The van der Waals surface area contributed by atoms with Crippen molar-refractivity contribution in [1.29, 1.82) is 0 Å². The molecule has 1 aromatic rings. The van der Waals surface area contributed by atoms with E-state index in [9.17, 15) is 4.79 Å². The van der Waals surface area contributed by atoms with Crippen LogP contribution >= 0.6 is 15.9 Å². The number of aromatic amines is 1. The van der Waals surface area contributed by atoms with Crippen molar-refractivity contribution < 1.29 is 0 Å². The first kappa shape index (κ1) is 10.9. The van der Waals surface area contributed by atoms with E-state index in [1.165, 1.54) is 12.8 Å². The average Bonchev–Trinajstić information content (AvgIpc) is 2.94. The largest absolute Gasteiger partial charge is 0.310 e. The summed E-state index contributed by atoms with van der Waals surface area (Å²) < 4.78 is 0.581. The highest BCUT2D eigenvalue weighted by Gasteiger charge is 2.23. The molecule has 0 unspecified atom stereocenters. The topological polar surface area (TPSA) is 45.8 Å². The normalized spacial score (nSPS) is 16.0. The Kier molecular flexibility index (Phi) is 2.96. The van der Waals surface area contributed by atoms with Crippen LogP contribution in [0, 0.1) is 5.92 Å². The van der Waals surface area contributed by atoms with Gasteiger partial charge in [0.1, 0.15) is 10.3 Å². The Morgan fingerprint density at radius 3 is 2.73 bits per heavy atom. The first-order valence-corrected chi connectivity index (χ1v) is 6.15. The van der Waals surface area contributed by atoms with Gasteiger partial charge in [0.25, 0.3) is 5.56 Å². The van der Waals surface area contributed by atoms with Gasteiger partial charge in [-0.3, -0.25) is 4.79 Å². The summed E-state index contributed by atoms with van der Waals surface area (Å²) >= 11 is 3.29. The van der Waals surface area contributed by atoms with Crippen molar-refractivity contribution in [1.82, 2.24) is 9.97 Å². The predicted molar refractivity (Wildman–Crippen MR) is 63.1 cm³/mol. The first-order valence-electron chi connectivity index (χ1n) is 5.36. The third-order valence-electron chi connectivity index (χ3n) is 2.66. The quantitative estimate of drug-likeness (QED) is 0.918. The molecule has 1 aliphatic rings. The third kappa shape index (κ3) is 2.48. The first-order chi connectivity index (χ1) is 7.08. The van der Waals surface area contributed by atoms with Gasteiger partial charge >= 0.3 is 0 Å². The zero-order chi connectivity index (χ0) is 11.0. The van der Waals surface area contributed by atoms with Crippen LogP contribution in [0.25, 0.3) is 0 Å². The lowest BCUT2D eigenvalue weighted by Gasteiger charge is -2.08. The van der Waals surface area contributed by atoms with E-state index in [1.54, 1.807) is 0 Å². The lowest BCUT2D eigenvalue weighted by atomic mass is 10.1. The minimum atomic E-state index is -0.0515. The van der Waals surface area contributed by atoms with Gasteiger partial charge < -0.3 is 4.98 Å². The standard InChI is InChI=1S/C11H15BrN2O/c1-6(2)10-9(12)11(15)14-8(13-10)5-7-3-4-7/h6-7H,3-5H2,1-2H3,(H,13,14,15). The van der Waals surface area contributed by atoms with Gasteiger partial charge in [0.15, 0.2) is 0 Å². The number of nitrogens with one attached hydrogen (secondary N) is 1. The van der Waals surface area contributed by atoms with Crippen LogP contribution in [-0.2, 0) is 6.42 Å². The molecule has 3 nitrogen and oxygen atoms in total. The number of rotatable bonds is 3. The van der Waals surface area contributed by atoms with Gasteiger partial charge in [-0.05, 0) is 40.6 Å². The van der Waals surface area contributed by atoms with E-state index < -0.39 is 0 Å². The van der Waals surface area contributed by atoms with Crippen molar-refractivity contribution in [2.24, 2.45) is 5.92 Å². The second-order valence-corrected chi connectivity index (χ2v) is 5.31. The van der Waals surface area contributed by atoms with Crippen LogP contribution < -0.4 is 5.56 Å². The minimum absolute atomic E-state index is 0.0515. The third-order valence-corrected chi connectivity index (χ3v) is 3.43. The van der Waals surface area contributed by atoms with Crippen LogP contribution in [-0.4, -0.2) is 9.97 Å². The highest BCUT2D eigenvalue weighted by atomic mass is 79.9. The van der Waals surface area contributed by atoms with Crippen LogP contribution in [0.3, 0.4) is 0 Å². The van der Waals surface area contributed by atoms with E-state index in [2.05, 4.69) is 25.9 Å². The van der Waals surface area contributed by atoms with Gasteiger partial charge in [-0.1, -0.05) is 13.8 Å². The van der Waals surface area contributed by atoms with Crippen molar-refractivity contribution in [2.45, 2.75) is 39.0 Å². The number of hydrogen-bond acceptors (Lipinski definition) is 2. The summed E-state index contributed by atoms with van der Waals surface area (Å²) in [6.07, 6.45) is 3.47. The molecule has 15 heavy (non-hydrogen) atoms. The molecular weight excluding hydrogens is 256 g/mol. The van der Waals surface area contributed by atoms with Crippen molar-refractivity contribution in [3.63, 3.8) is 0 Å². The Morgan fingerprint density at radius 2 is 2.20 bits per heavy atom. The molecule has 1 heterocycles. The summed E-state index contributed by atoms with van der Waals surface area (Å²) in [5.41, 5.74) is 0.818. The molecule has 1 fully saturated rings. The summed E-state index contributed by atoms with van der Waals surface area (Å²) in [5.74, 6) is 1.86. The molecule has 0 aliphatic heterocycles. The Morgan fingerprint density at radius 1 is 1.53 bits per heavy atom. The van der Waals surface area contributed by atoms with Gasteiger partial charge in [0, 0.05) is 6.42 Å². The fourth-order valence-corrected chi connectivity index (χ4v) is 2.24. The SMILES string of the molecule is CC(C)c1nc(CC2CC2)[nH]c(=O)c1Br.